The first-order valence-electron chi connectivity index (χ1n) is 11.6. The second-order valence-electron chi connectivity index (χ2n) is 8.38. The van der Waals surface area contributed by atoms with Gasteiger partial charge < -0.3 is 10.2 Å². The number of sulfonamides is 1. The van der Waals surface area contributed by atoms with Gasteiger partial charge in [-0.05, 0) is 62.7 Å². The maximum atomic E-state index is 13.7. The molecule has 9 heteroatoms. The van der Waals surface area contributed by atoms with Crippen molar-refractivity contribution in [3.05, 3.63) is 95.8 Å². The number of rotatable bonds is 10. The standard InChI is InChI=1S/C27H30FN3O4S/c1-4-29-27(33)21(3)30(18-22-12-10-20(2)11-13-22)26(32)19-31(24-8-6-5-7-9-24)36(34,35)25-16-14-23(28)15-17-25/h5-17,21H,4,18-19H2,1-3H3,(H,29,33)/t21-/m1/s1. The number of anilines is 1. The van der Waals surface area contributed by atoms with Gasteiger partial charge in [-0.2, -0.15) is 0 Å². The molecule has 0 aliphatic heterocycles. The first-order chi connectivity index (χ1) is 17.1. The Morgan fingerprint density at radius 1 is 0.944 bits per heavy atom. The molecular weight excluding hydrogens is 481 g/mol. The Morgan fingerprint density at radius 3 is 2.14 bits per heavy atom. The second kappa shape index (κ2) is 11.8. The van der Waals surface area contributed by atoms with E-state index in [2.05, 4.69) is 5.32 Å². The lowest BCUT2D eigenvalue weighted by molar-refractivity contribution is -0.139. The van der Waals surface area contributed by atoms with Crippen LogP contribution < -0.4 is 9.62 Å². The molecule has 1 N–H and O–H groups in total. The van der Waals surface area contributed by atoms with Crippen LogP contribution in [0, 0.1) is 12.7 Å². The SMILES string of the molecule is CCNC(=O)[C@@H](C)N(Cc1ccc(C)cc1)C(=O)CN(c1ccccc1)S(=O)(=O)c1ccc(F)cc1. The third-order valence-corrected chi connectivity index (χ3v) is 7.50. The minimum atomic E-state index is -4.22. The minimum absolute atomic E-state index is 0.122. The van der Waals surface area contributed by atoms with Gasteiger partial charge in [0.05, 0.1) is 10.6 Å². The van der Waals surface area contributed by atoms with Gasteiger partial charge in [0.1, 0.15) is 18.4 Å². The molecule has 2 amide bonds. The Balaban J connectivity index is 1.99. The maximum Gasteiger partial charge on any atom is 0.264 e. The molecule has 0 heterocycles. The first-order valence-corrected chi connectivity index (χ1v) is 13.0. The van der Waals surface area contributed by atoms with Crippen LogP contribution in [-0.4, -0.2) is 44.3 Å². The average Bonchev–Trinajstić information content (AvgIpc) is 2.87. The third-order valence-electron chi connectivity index (χ3n) is 5.72. The van der Waals surface area contributed by atoms with E-state index < -0.39 is 34.3 Å². The number of hydrogen-bond donors (Lipinski definition) is 1. The number of nitrogens with zero attached hydrogens (tertiary/aromatic N) is 2. The molecule has 3 aromatic carbocycles. The summed E-state index contributed by atoms with van der Waals surface area (Å²) in [5.74, 6) is -1.47. The van der Waals surface area contributed by atoms with Crippen molar-refractivity contribution >= 4 is 27.5 Å². The molecule has 0 bridgehead atoms. The Bertz CT molecular complexity index is 1280. The highest BCUT2D eigenvalue weighted by Crippen LogP contribution is 2.24. The van der Waals surface area contributed by atoms with E-state index in [0.717, 1.165) is 39.7 Å². The Hall–Kier alpha value is -3.72. The lowest BCUT2D eigenvalue weighted by Gasteiger charge is -2.32. The summed E-state index contributed by atoms with van der Waals surface area (Å²) < 4.78 is 41.6. The largest absolute Gasteiger partial charge is 0.355 e. The summed E-state index contributed by atoms with van der Waals surface area (Å²) in [4.78, 5) is 27.5. The van der Waals surface area contributed by atoms with E-state index in [1.165, 1.54) is 4.90 Å². The highest BCUT2D eigenvalue weighted by Gasteiger charge is 2.32. The van der Waals surface area contributed by atoms with Crippen LogP contribution in [0.3, 0.4) is 0 Å². The molecule has 0 saturated heterocycles. The Morgan fingerprint density at radius 2 is 1.56 bits per heavy atom. The van der Waals surface area contributed by atoms with Crippen LogP contribution >= 0.6 is 0 Å². The van der Waals surface area contributed by atoms with E-state index >= 15 is 0 Å². The maximum absolute atomic E-state index is 13.7. The zero-order chi connectivity index (χ0) is 26.3. The average molecular weight is 512 g/mol. The highest BCUT2D eigenvalue weighted by molar-refractivity contribution is 7.92. The van der Waals surface area contributed by atoms with Crippen LogP contribution in [-0.2, 0) is 26.2 Å². The molecule has 0 saturated carbocycles. The van der Waals surface area contributed by atoms with Gasteiger partial charge in [-0.3, -0.25) is 13.9 Å². The van der Waals surface area contributed by atoms with Gasteiger partial charge in [-0.25, -0.2) is 12.8 Å². The van der Waals surface area contributed by atoms with Crippen LogP contribution in [0.15, 0.2) is 83.8 Å². The van der Waals surface area contributed by atoms with Crippen molar-refractivity contribution in [3.63, 3.8) is 0 Å². The van der Waals surface area contributed by atoms with Gasteiger partial charge in [-0.1, -0.05) is 48.0 Å². The van der Waals surface area contributed by atoms with Gasteiger partial charge in [-0.15, -0.1) is 0 Å². The van der Waals surface area contributed by atoms with Crippen LogP contribution in [0.5, 0.6) is 0 Å². The summed E-state index contributed by atoms with van der Waals surface area (Å²) in [6.45, 7) is 5.31. The van der Waals surface area contributed by atoms with Crippen molar-refractivity contribution < 1.29 is 22.4 Å². The number of likely N-dealkylation sites (N-methyl/N-ethyl adjacent to an activating group) is 1. The van der Waals surface area contributed by atoms with Crippen molar-refractivity contribution in [1.29, 1.82) is 0 Å². The molecule has 0 unspecified atom stereocenters. The number of nitrogens with one attached hydrogen (secondary N) is 1. The van der Waals surface area contributed by atoms with Crippen molar-refractivity contribution in [2.24, 2.45) is 0 Å². The number of halogens is 1. The fourth-order valence-electron chi connectivity index (χ4n) is 3.65. The van der Waals surface area contributed by atoms with Crippen molar-refractivity contribution in [2.45, 2.75) is 38.3 Å². The fourth-order valence-corrected chi connectivity index (χ4v) is 5.07. The zero-order valence-electron chi connectivity index (χ0n) is 20.5. The summed E-state index contributed by atoms with van der Waals surface area (Å²) in [7, 11) is -4.22. The molecule has 3 rings (SSSR count). The van der Waals surface area contributed by atoms with Gasteiger partial charge in [0.15, 0.2) is 0 Å². The van der Waals surface area contributed by atoms with E-state index in [4.69, 9.17) is 0 Å². The summed E-state index contributed by atoms with van der Waals surface area (Å²) in [6.07, 6.45) is 0. The Kier molecular flexibility index (Phi) is 8.82. The molecule has 0 radical (unpaired) electrons. The molecule has 7 nitrogen and oxygen atoms in total. The molecule has 0 aromatic heterocycles. The van der Waals surface area contributed by atoms with Crippen LogP contribution in [0.2, 0.25) is 0 Å². The smallest absolute Gasteiger partial charge is 0.264 e. The van der Waals surface area contributed by atoms with E-state index in [-0.39, 0.29) is 23.0 Å². The second-order valence-corrected chi connectivity index (χ2v) is 10.2. The van der Waals surface area contributed by atoms with Gasteiger partial charge in [0.2, 0.25) is 11.8 Å². The minimum Gasteiger partial charge on any atom is -0.355 e. The number of hydrogen-bond acceptors (Lipinski definition) is 4. The predicted molar refractivity (Wildman–Crippen MR) is 137 cm³/mol. The number of benzene rings is 3. The topological polar surface area (TPSA) is 86.8 Å². The van der Waals surface area contributed by atoms with Gasteiger partial charge >= 0.3 is 0 Å². The fraction of sp³-hybridized carbons (Fsp3) is 0.259. The summed E-state index contributed by atoms with van der Waals surface area (Å²) in [6, 6.07) is 19.3. The zero-order valence-corrected chi connectivity index (χ0v) is 21.3. The molecule has 0 fully saturated rings. The van der Waals surface area contributed by atoms with E-state index in [1.807, 2.05) is 31.2 Å². The van der Waals surface area contributed by atoms with Crippen molar-refractivity contribution in [3.8, 4) is 0 Å². The van der Waals surface area contributed by atoms with Crippen molar-refractivity contribution in [1.82, 2.24) is 10.2 Å². The molecule has 0 aliphatic rings. The Labute approximate surface area is 211 Å². The summed E-state index contributed by atoms with van der Waals surface area (Å²) in [5, 5.41) is 2.72. The third kappa shape index (κ3) is 6.48. The van der Waals surface area contributed by atoms with E-state index in [1.54, 1.807) is 44.2 Å². The molecule has 1 atom stereocenters. The predicted octanol–water partition coefficient (Wildman–Crippen LogP) is 3.88. The monoisotopic (exact) mass is 511 g/mol. The van der Waals surface area contributed by atoms with Crippen LogP contribution in [0.25, 0.3) is 0 Å². The highest BCUT2D eigenvalue weighted by atomic mass is 32.2. The van der Waals surface area contributed by atoms with Crippen molar-refractivity contribution in [2.75, 3.05) is 17.4 Å². The molecule has 190 valence electrons. The van der Waals surface area contributed by atoms with Gasteiger partial charge in [0.25, 0.3) is 10.0 Å². The molecule has 0 spiro atoms. The molecule has 36 heavy (non-hydrogen) atoms. The summed E-state index contributed by atoms with van der Waals surface area (Å²) >= 11 is 0. The number of amides is 2. The molecule has 0 aliphatic carbocycles. The number of aryl methyl sites for hydroxylation is 1. The van der Waals surface area contributed by atoms with E-state index in [0.29, 0.717) is 6.54 Å². The first kappa shape index (κ1) is 26.9. The van der Waals surface area contributed by atoms with Crippen LogP contribution in [0.1, 0.15) is 25.0 Å². The number of carbonyl (C=O) groups excluding carboxylic acids is 2. The van der Waals surface area contributed by atoms with Crippen LogP contribution in [0.4, 0.5) is 10.1 Å². The lowest BCUT2D eigenvalue weighted by atomic mass is 10.1. The molecular formula is C27H30FN3O4S. The van der Waals surface area contributed by atoms with E-state index in [9.17, 15) is 22.4 Å². The van der Waals surface area contributed by atoms with Gasteiger partial charge in [0, 0.05) is 13.1 Å². The number of para-hydroxylation sites is 1. The molecule has 3 aromatic rings. The normalized spacial score (nSPS) is 12.0. The number of carbonyl (C=O) groups is 2. The quantitative estimate of drug-likeness (QED) is 0.448. The summed E-state index contributed by atoms with van der Waals surface area (Å²) in [5.41, 5.74) is 2.13. The lowest BCUT2D eigenvalue weighted by Crippen LogP contribution is -2.51.